The number of amides is 1. The first-order valence-corrected chi connectivity index (χ1v) is 6.18. The van der Waals surface area contributed by atoms with Crippen molar-refractivity contribution in [2.24, 2.45) is 0 Å². The van der Waals surface area contributed by atoms with Crippen LogP contribution in [0.3, 0.4) is 0 Å². The van der Waals surface area contributed by atoms with Crippen molar-refractivity contribution in [2.75, 3.05) is 0 Å². The summed E-state index contributed by atoms with van der Waals surface area (Å²) in [6.07, 6.45) is 8.81. The molecule has 0 spiro atoms. The summed E-state index contributed by atoms with van der Waals surface area (Å²) >= 11 is 0. The van der Waals surface area contributed by atoms with Crippen LogP contribution in [0.5, 0.6) is 0 Å². The normalized spacial score (nSPS) is 21.6. The Bertz CT molecular complexity index is 411. The molecule has 4 heteroatoms. The van der Waals surface area contributed by atoms with Gasteiger partial charge in [-0.25, -0.2) is 5.48 Å². The largest absolute Gasteiger partial charge is 0.272 e. The highest BCUT2D eigenvalue weighted by Gasteiger charge is 2.51. The molecule has 1 heterocycles. The maximum atomic E-state index is 12.1. The van der Waals surface area contributed by atoms with Crippen LogP contribution >= 0.6 is 0 Å². The molecule has 0 saturated heterocycles. The summed E-state index contributed by atoms with van der Waals surface area (Å²) in [7, 11) is 0. The van der Waals surface area contributed by atoms with E-state index in [1.54, 1.807) is 12.4 Å². The molecular weight excluding hydrogens is 216 g/mol. The number of hydroxylamine groups is 1. The smallest absolute Gasteiger partial charge is 0.254 e. The Morgan fingerprint density at radius 2 is 2.29 bits per heavy atom. The summed E-state index contributed by atoms with van der Waals surface area (Å²) in [6.45, 7) is 0. The van der Waals surface area contributed by atoms with Gasteiger partial charge in [-0.3, -0.25) is 14.6 Å². The van der Waals surface area contributed by atoms with E-state index in [9.17, 15) is 4.79 Å². The van der Waals surface area contributed by atoms with Crippen molar-refractivity contribution < 1.29 is 9.63 Å². The molecule has 1 N–H and O–H groups in total. The number of carbonyl (C=O) groups excluding carboxylic acids is 1. The minimum atomic E-state index is -0.377. The molecule has 17 heavy (non-hydrogen) atoms. The molecule has 0 radical (unpaired) electrons. The zero-order valence-corrected chi connectivity index (χ0v) is 9.69. The van der Waals surface area contributed by atoms with Crippen LogP contribution in [0.15, 0.2) is 24.5 Å². The molecule has 0 aromatic carbocycles. The van der Waals surface area contributed by atoms with Crippen LogP contribution in [0.4, 0.5) is 0 Å². The van der Waals surface area contributed by atoms with E-state index in [2.05, 4.69) is 10.5 Å². The fourth-order valence-corrected chi connectivity index (χ4v) is 2.14. The first-order valence-electron chi connectivity index (χ1n) is 6.18. The lowest BCUT2D eigenvalue weighted by atomic mass is 9.96. The number of nitrogens with one attached hydrogen (secondary N) is 1. The molecule has 2 fully saturated rings. The molecule has 1 amide bonds. The molecule has 2 saturated carbocycles. The molecule has 2 aliphatic rings. The summed E-state index contributed by atoms with van der Waals surface area (Å²) in [5.41, 5.74) is 3.24. The van der Waals surface area contributed by atoms with Gasteiger partial charge in [-0.2, -0.15) is 0 Å². The lowest BCUT2D eigenvalue weighted by Crippen LogP contribution is -2.39. The fourth-order valence-electron chi connectivity index (χ4n) is 2.14. The van der Waals surface area contributed by atoms with Crippen molar-refractivity contribution in [3.05, 3.63) is 30.1 Å². The van der Waals surface area contributed by atoms with Crippen LogP contribution in [-0.2, 0) is 15.0 Å². The molecule has 3 rings (SSSR count). The average molecular weight is 232 g/mol. The van der Waals surface area contributed by atoms with Crippen LogP contribution in [0.2, 0.25) is 0 Å². The maximum Gasteiger partial charge on any atom is 0.254 e. The molecule has 0 unspecified atom stereocenters. The Kier molecular flexibility index (Phi) is 2.59. The van der Waals surface area contributed by atoms with Crippen LogP contribution < -0.4 is 5.48 Å². The Labute approximate surface area is 100 Å². The number of pyridine rings is 1. The van der Waals surface area contributed by atoms with Gasteiger partial charge in [-0.1, -0.05) is 6.07 Å². The summed E-state index contributed by atoms with van der Waals surface area (Å²) < 4.78 is 0. The zero-order chi connectivity index (χ0) is 11.7. The van der Waals surface area contributed by atoms with Gasteiger partial charge in [0.2, 0.25) is 0 Å². The van der Waals surface area contributed by atoms with Gasteiger partial charge in [-0.15, -0.1) is 0 Å². The highest BCUT2D eigenvalue weighted by molar-refractivity contribution is 5.90. The van der Waals surface area contributed by atoms with E-state index >= 15 is 0 Å². The molecule has 0 atom stereocenters. The second-order valence-corrected chi connectivity index (χ2v) is 4.93. The van der Waals surface area contributed by atoms with Gasteiger partial charge < -0.3 is 0 Å². The van der Waals surface area contributed by atoms with Crippen molar-refractivity contribution in [1.29, 1.82) is 0 Å². The second kappa shape index (κ2) is 4.11. The predicted molar refractivity (Wildman–Crippen MR) is 62.0 cm³/mol. The molecule has 2 aliphatic carbocycles. The zero-order valence-electron chi connectivity index (χ0n) is 9.69. The van der Waals surface area contributed by atoms with E-state index in [1.807, 2.05) is 12.1 Å². The Morgan fingerprint density at radius 3 is 2.82 bits per heavy atom. The molecule has 0 bridgehead atoms. The van der Waals surface area contributed by atoms with E-state index in [-0.39, 0.29) is 17.4 Å². The number of hydrogen-bond donors (Lipinski definition) is 1. The molecule has 4 nitrogen and oxygen atoms in total. The third-order valence-corrected chi connectivity index (χ3v) is 3.77. The minimum absolute atomic E-state index is 0.0163. The van der Waals surface area contributed by atoms with Crippen molar-refractivity contribution in [3.8, 4) is 0 Å². The number of carbonyl (C=O) groups is 1. The van der Waals surface area contributed by atoms with E-state index < -0.39 is 0 Å². The van der Waals surface area contributed by atoms with Crippen LogP contribution in [-0.4, -0.2) is 17.0 Å². The molecule has 90 valence electrons. The third kappa shape index (κ3) is 1.93. The SMILES string of the molecule is O=C(NOC1CCC1)C1(c2cccnc2)CC1. The summed E-state index contributed by atoms with van der Waals surface area (Å²) in [5, 5.41) is 0. The van der Waals surface area contributed by atoms with Crippen molar-refractivity contribution in [2.45, 2.75) is 43.6 Å². The van der Waals surface area contributed by atoms with Gasteiger partial charge in [0.15, 0.2) is 0 Å². The van der Waals surface area contributed by atoms with Crippen molar-refractivity contribution in [3.63, 3.8) is 0 Å². The van der Waals surface area contributed by atoms with Gasteiger partial charge in [0.1, 0.15) is 0 Å². The number of aromatic nitrogens is 1. The Hall–Kier alpha value is -1.42. The lowest BCUT2D eigenvalue weighted by Gasteiger charge is -2.26. The highest BCUT2D eigenvalue weighted by Crippen LogP contribution is 2.48. The topological polar surface area (TPSA) is 51.2 Å². The third-order valence-electron chi connectivity index (χ3n) is 3.77. The molecular formula is C13H16N2O2. The average Bonchev–Trinajstić information content (AvgIpc) is 3.09. The van der Waals surface area contributed by atoms with Crippen LogP contribution in [0.25, 0.3) is 0 Å². The van der Waals surface area contributed by atoms with Crippen molar-refractivity contribution >= 4 is 5.91 Å². The van der Waals surface area contributed by atoms with Gasteiger partial charge in [0.25, 0.3) is 5.91 Å². The first-order chi connectivity index (χ1) is 8.31. The highest BCUT2D eigenvalue weighted by atomic mass is 16.7. The quantitative estimate of drug-likeness (QED) is 0.804. The minimum Gasteiger partial charge on any atom is -0.272 e. The lowest BCUT2D eigenvalue weighted by molar-refractivity contribution is -0.145. The fraction of sp³-hybridized carbons (Fsp3) is 0.538. The molecule has 1 aromatic heterocycles. The Morgan fingerprint density at radius 1 is 1.47 bits per heavy atom. The molecule has 0 aliphatic heterocycles. The second-order valence-electron chi connectivity index (χ2n) is 4.93. The summed E-state index contributed by atoms with van der Waals surface area (Å²) in [5.74, 6) is -0.0163. The van der Waals surface area contributed by atoms with E-state index in [1.165, 1.54) is 6.42 Å². The number of rotatable bonds is 4. The standard InChI is InChI=1S/C13H16N2O2/c16-12(15-17-11-4-1-5-11)13(6-7-13)10-3-2-8-14-9-10/h2-3,8-9,11H,1,4-7H2,(H,15,16). The monoisotopic (exact) mass is 232 g/mol. The summed E-state index contributed by atoms with van der Waals surface area (Å²) in [6, 6.07) is 3.83. The van der Waals surface area contributed by atoms with E-state index in [4.69, 9.17) is 4.84 Å². The summed E-state index contributed by atoms with van der Waals surface area (Å²) in [4.78, 5) is 21.6. The van der Waals surface area contributed by atoms with Gasteiger partial charge >= 0.3 is 0 Å². The predicted octanol–water partition coefficient (Wildman–Crippen LogP) is 1.71. The van der Waals surface area contributed by atoms with E-state index in [0.717, 1.165) is 31.2 Å². The number of hydrogen-bond acceptors (Lipinski definition) is 3. The van der Waals surface area contributed by atoms with Gasteiger partial charge in [-0.05, 0) is 43.7 Å². The first kappa shape index (κ1) is 10.7. The van der Waals surface area contributed by atoms with Crippen LogP contribution in [0.1, 0.15) is 37.7 Å². The maximum absolute atomic E-state index is 12.1. The van der Waals surface area contributed by atoms with Gasteiger partial charge in [0.05, 0.1) is 11.5 Å². The van der Waals surface area contributed by atoms with Crippen LogP contribution in [0, 0.1) is 0 Å². The van der Waals surface area contributed by atoms with E-state index in [0.29, 0.717) is 0 Å². The molecule has 1 aromatic rings. The van der Waals surface area contributed by atoms with Crippen molar-refractivity contribution in [1.82, 2.24) is 10.5 Å². The van der Waals surface area contributed by atoms with Gasteiger partial charge in [0, 0.05) is 12.4 Å². The number of nitrogens with zero attached hydrogens (tertiary/aromatic N) is 1. The Balaban J connectivity index is 1.64.